The van der Waals surface area contributed by atoms with Gasteiger partial charge >= 0.3 is 0 Å². The number of furan rings is 1. The van der Waals surface area contributed by atoms with Gasteiger partial charge in [-0.15, -0.1) is 11.3 Å². The monoisotopic (exact) mass is 277 g/mol. The first-order chi connectivity index (χ1) is 8.72. The first-order valence-electron chi connectivity index (χ1n) is 5.23. The number of nitrogens with zero attached hydrogens (tertiary/aromatic N) is 3. The third kappa shape index (κ3) is 2.14. The predicted molar refractivity (Wildman–Crippen MR) is 70.6 cm³/mol. The summed E-state index contributed by atoms with van der Waals surface area (Å²) in [6, 6.07) is 5.56. The SMILES string of the molecule is Cc1cc(-c2ccco2)nc(-c2nc(Cl)cs2)n1. The van der Waals surface area contributed by atoms with Crippen molar-refractivity contribution < 1.29 is 4.42 Å². The fourth-order valence-electron chi connectivity index (χ4n) is 1.57. The summed E-state index contributed by atoms with van der Waals surface area (Å²) in [4.78, 5) is 13.0. The van der Waals surface area contributed by atoms with Gasteiger partial charge < -0.3 is 4.42 Å². The second-order valence-electron chi connectivity index (χ2n) is 3.67. The number of thiazole rings is 1. The molecule has 0 unspecified atom stereocenters. The predicted octanol–water partition coefficient (Wildman–Crippen LogP) is 3.82. The molecule has 6 heteroatoms. The molecule has 0 saturated heterocycles. The van der Waals surface area contributed by atoms with E-state index in [1.165, 1.54) is 11.3 Å². The maximum Gasteiger partial charge on any atom is 0.189 e. The summed E-state index contributed by atoms with van der Waals surface area (Å²) in [5, 5.41) is 2.92. The van der Waals surface area contributed by atoms with Crippen LogP contribution in [0.15, 0.2) is 34.3 Å². The van der Waals surface area contributed by atoms with Crippen molar-refractivity contribution in [3.63, 3.8) is 0 Å². The van der Waals surface area contributed by atoms with Gasteiger partial charge in [0, 0.05) is 11.1 Å². The number of aryl methyl sites for hydroxylation is 1. The van der Waals surface area contributed by atoms with Crippen LogP contribution in [0.5, 0.6) is 0 Å². The molecule has 4 nitrogen and oxygen atoms in total. The molecule has 3 aromatic rings. The van der Waals surface area contributed by atoms with Gasteiger partial charge in [-0.05, 0) is 25.1 Å². The summed E-state index contributed by atoms with van der Waals surface area (Å²) in [6.07, 6.45) is 1.62. The normalized spacial score (nSPS) is 10.8. The van der Waals surface area contributed by atoms with Crippen molar-refractivity contribution in [3.05, 3.63) is 40.7 Å². The van der Waals surface area contributed by atoms with Gasteiger partial charge in [0.2, 0.25) is 0 Å². The number of hydrogen-bond acceptors (Lipinski definition) is 5. The van der Waals surface area contributed by atoms with Crippen molar-refractivity contribution in [2.24, 2.45) is 0 Å². The smallest absolute Gasteiger partial charge is 0.189 e. The molecule has 3 rings (SSSR count). The number of hydrogen-bond donors (Lipinski definition) is 0. The van der Waals surface area contributed by atoms with E-state index < -0.39 is 0 Å². The molecule has 0 aliphatic carbocycles. The fraction of sp³-hybridized carbons (Fsp3) is 0.0833. The van der Waals surface area contributed by atoms with Crippen LogP contribution in [0.2, 0.25) is 5.15 Å². The van der Waals surface area contributed by atoms with E-state index in [9.17, 15) is 0 Å². The molecule has 90 valence electrons. The van der Waals surface area contributed by atoms with E-state index in [0.29, 0.717) is 21.7 Å². The first kappa shape index (κ1) is 11.4. The standard InChI is InChI=1S/C12H8ClN3OS/c1-7-5-8(9-3-2-4-17-9)15-11(14-7)12-16-10(13)6-18-12/h2-6H,1H3. The Morgan fingerprint density at radius 3 is 2.83 bits per heavy atom. The van der Waals surface area contributed by atoms with Gasteiger partial charge in [0.1, 0.15) is 10.8 Å². The van der Waals surface area contributed by atoms with E-state index >= 15 is 0 Å². The van der Waals surface area contributed by atoms with Crippen LogP contribution < -0.4 is 0 Å². The van der Waals surface area contributed by atoms with E-state index in [1.807, 2.05) is 25.1 Å². The van der Waals surface area contributed by atoms with Crippen molar-refractivity contribution in [1.29, 1.82) is 0 Å². The number of aromatic nitrogens is 3. The van der Waals surface area contributed by atoms with Crippen molar-refractivity contribution >= 4 is 22.9 Å². The summed E-state index contributed by atoms with van der Waals surface area (Å²) in [7, 11) is 0. The molecule has 3 heterocycles. The fourth-order valence-corrected chi connectivity index (χ4v) is 2.45. The molecule has 18 heavy (non-hydrogen) atoms. The molecule has 3 aromatic heterocycles. The van der Waals surface area contributed by atoms with E-state index in [1.54, 1.807) is 11.6 Å². The van der Waals surface area contributed by atoms with Gasteiger partial charge in [-0.2, -0.15) is 0 Å². The Balaban J connectivity index is 2.11. The zero-order chi connectivity index (χ0) is 12.5. The summed E-state index contributed by atoms with van der Waals surface area (Å²) < 4.78 is 5.34. The first-order valence-corrected chi connectivity index (χ1v) is 6.49. The summed E-state index contributed by atoms with van der Waals surface area (Å²) in [6.45, 7) is 1.91. The molecule has 0 N–H and O–H groups in total. The largest absolute Gasteiger partial charge is 0.463 e. The molecule has 0 radical (unpaired) electrons. The molecule has 0 aromatic carbocycles. The molecule has 0 amide bonds. The highest BCUT2D eigenvalue weighted by Gasteiger charge is 2.11. The van der Waals surface area contributed by atoms with Crippen LogP contribution in [0, 0.1) is 6.92 Å². The van der Waals surface area contributed by atoms with E-state index in [2.05, 4.69) is 15.0 Å². The Kier molecular flexibility index (Phi) is 2.85. The quantitative estimate of drug-likeness (QED) is 0.714. The average molecular weight is 278 g/mol. The van der Waals surface area contributed by atoms with Crippen LogP contribution in [0.1, 0.15) is 5.69 Å². The van der Waals surface area contributed by atoms with Gasteiger partial charge in [0.05, 0.1) is 6.26 Å². The molecule has 0 aliphatic heterocycles. The van der Waals surface area contributed by atoms with Gasteiger partial charge in [-0.3, -0.25) is 0 Å². The second-order valence-corrected chi connectivity index (χ2v) is 4.92. The molecule has 0 saturated carbocycles. The topological polar surface area (TPSA) is 51.8 Å². The highest BCUT2D eigenvalue weighted by atomic mass is 35.5. The number of rotatable bonds is 2. The van der Waals surface area contributed by atoms with Crippen molar-refractivity contribution in [3.8, 4) is 22.3 Å². The third-order valence-electron chi connectivity index (χ3n) is 2.30. The van der Waals surface area contributed by atoms with Gasteiger partial charge in [-0.1, -0.05) is 11.6 Å². The van der Waals surface area contributed by atoms with Crippen LogP contribution in [-0.4, -0.2) is 15.0 Å². The Morgan fingerprint density at radius 1 is 1.28 bits per heavy atom. The van der Waals surface area contributed by atoms with Gasteiger partial charge in [0.15, 0.2) is 16.6 Å². The third-order valence-corrected chi connectivity index (χ3v) is 3.46. The van der Waals surface area contributed by atoms with Crippen molar-refractivity contribution in [2.45, 2.75) is 6.92 Å². The molecular weight excluding hydrogens is 270 g/mol. The van der Waals surface area contributed by atoms with Crippen molar-refractivity contribution in [2.75, 3.05) is 0 Å². The van der Waals surface area contributed by atoms with Crippen LogP contribution >= 0.6 is 22.9 Å². The Bertz CT molecular complexity index is 678. The minimum absolute atomic E-state index is 0.458. The molecule has 0 bridgehead atoms. The van der Waals surface area contributed by atoms with E-state index in [0.717, 1.165) is 11.4 Å². The summed E-state index contributed by atoms with van der Waals surface area (Å²) in [5.41, 5.74) is 1.60. The molecule has 0 spiro atoms. The zero-order valence-corrected chi connectivity index (χ0v) is 11.0. The Labute approximate surface area is 112 Å². The summed E-state index contributed by atoms with van der Waals surface area (Å²) >= 11 is 7.23. The molecule has 0 atom stereocenters. The highest BCUT2D eigenvalue weighted by Crippen LogP contribution is 2.26. The Hall–Kier alpha value is -1.72. The maximum atomic E-state index is 5.81. The molecular formula is C12H8ClN3OS. The second kappa shape index (κ2) is 4.51. The van der Waals surface area contributed by atoms with Crippen molar-refractivity contribution in [1.82, 2.24) is 15.0 Å². The van der Waals surface area contributed by atoms with Crippen LogP contribution in [0.4, 0.5) is 0 Å². The zero-order valence-electron chi connectivity index (χ0n) is 9.42. The average Bonchev–Trinajstić information content (AvgIpc) is 2.98. The lowest BCUT2D eigenvalue weighted by atomic mass is 10.3. The summed E-state index contributed by atoms with van der Waals surface area (Å²) in [5.74, 6) is 1.28. The lowest BCUT2D eigenvalue weighted by Gasteiger charge is -2.01. The van der Waals surface area contributed by atoms with Crippen LogP contribution in [0.25, 0.3) is 22.3 Å². The van der Waals surface area contributed by atoms with Gasteiger partial charge in [-0.25, -0.2) is 15.0 Å². The number of halogens is 1. The lowest BCUT2D eigenvalue weighted by Crippen LogP contribution is -1.94. The Morgan fingerprint density at radius 2 is 2.17 bits per heavy atom. The van der Waals surface area contributed by atoms with Gasteiger partial charge in [0.25, 0.3) is 0 Å². The minimum atomic E-state index is 0.458. The maximum absolute atomic E-state index is 5.81. The lowest BCUT2D eigenvalue weighted by molar-refractivity contribution is 0.580. The van der Waals surface area contributed by atoms with Crippen LogP contribution in [0.3, 0.4) is 0 Å². The minimum Gasteiger partial charge on any atom is -0.463 e. The van der Waals surface area contributed by atoms with E-state index in [4.69, 9.17) is 16.0 Å². The molecule has 0 aliphatic rings. The van der Waals surface area contributed by atoms with E-state index in [-0.39, 0.29) is 0 Å². The highest BCUT2D eigenvalue weighted by molar-refractivity contribution is 7.13. The molecule has 0 fully saturated rings. The van der Waals surface area contributed by atoms with Crippen LogP contribution in [-0.2, 0) is 0 Å².